The number of nitrogens with one attached hydrogen (secondary N) is 2. The number of piperazine rings is 1. The Morgan fingerprint density at radius 1 is 1.26 bits per heavy atom. The van der Waals surface area contributed by atoms with E-state index in [1.165, 1.54) is 4.90 Å². The Kier molecular flexibility index (Phi) is 12.3. The average molecular weight is 383 g/mol. The van der Waals surface area contributed by atoms with E-state index in [1.54, 1.807) is 11.9 Å². The van der Waals surface area contributed by atoms with Gasteiger partial charge in [0.05, 0.1) is 6.54 Å². The molecule has 5 nitrogen and oxygen atoms in total. The number of hydrogen-bond acceptors (Lipinski definition) is 4. The zero-order valence-corrected chi connectivity index (χ0v) is 15.3. The fourth-order valence-electron chi connectivity index (χ4n) is 2.12. The zero-order chi connectivity index (χ0) is 16.0. The molecule has 0 saturated carbocycles. The number of alkyl halides is 3. The van der Waals surface area contributed by atoms with E-state index in [0.29, 0.717) is 26.2 Å². The van der Waals surface area contributed by atoms with Crippen LogP contribution < -0.4 is 10.6 Å². The lowest BCUT2D eigenvalue weighted by Crippen LogP contribution is -2.58. The van der Waals surface area contributed by atoms with Crippen molar-refractivity contribution in [3.05, 3.63) is 0 Å². The normalized spacial score (nSPS) is 17.4. The summed E-state index contributed by atoms with van der Waals surface area (Å²) in [5, 5.41) is 5.43. The monoisotopic (exact) mass is 382 g/mol. The summed E-state index contributed by atoms with van der Waals surface area (Å²) in [6.45, 7) is 5.31. The van der Waals surface area contributed by atoms with Crippen molar-refractivity contribution in [2.75, 3.05) is 46.3 Å². The van der Waals surface area contributed by atoms with Crippen LogP contribution >= 0.6 is 24.8 Å². The summed E-state index contributed by atoms with van der Waals surface area (Å²) in [5.74, 6) is -0.379. The van der Waals surface area contributed by atoms with Gasteiger partial charge in [0.2, 0.25) is 5.91 Å². The largest absolute Gasteiger partial charge is 0.405 e. The minimum Gasteiger partial charge on any atom is -0.353 e. The zero-order valence-electron chi connectivity index (χ0n) is 13.7. The quantitative estimate of drug-likeness (QED) is 0.722. The standard InChI is InChI=1S/C13H25F3N4O.2ClH/c1-10(2)19(3)9-12(21)18-8-11(13(14,15)16)20-6-4-17-5-7-20;;/h10-11,17H,4-9H2,1-3H3,(H,18,21);2*1H. The van der Waals surface area contributed by atoms with Gasteiger partial charge in [-0.25, -0.2) is 0 Å². The smallest absolute Gasteiger partial charge is 0.353 e. The Morgan fingerprint density at radius 3 is 2.22 bits per heavy atom. The van der Waals surface area contributed by atoms with Crippen LogP contribution in [0.1, 0.15) is 13.8 Å². The summed E-state index contributed by atoms with van der Waals surface area (Å²) in [6, 6.07) is -1.45. The molecule has 0 aliphatic carbocycles. The van der Waals surface area contributed by atoms with Crippen molar-refractivity contribution in [3.63, 3.8) is 0 Å². The number of rotatable bonds is 6. The predicted octanol–water partition coefficient (Wildman–Crippen LogP) is 1.12. The summed E-state index contributed by atoms with van der Waals surface area (Å²) >= 11 is 0. The first-order valence-corrected chi connectivity index (χ1v) is 7.20. The van der Waals surface area contributed by atoms with Gasteiger partial charge in [0.15, 0.2) is 0 Å². The Morgan fingerprint density at radius 2 is 1.78 bits per heavy atom. The second-order valence-corrected chi connectivity index (χ2v) is 5.66. The minimum absolute atomic E-state index is 0. The van der Waals surface area contributed by atoms with Crippen molar-refractivity contribution >= 4 is 30.7 Å². The first-order chi connectivity index (χ1) is 9.71. The van der Waals surface area contributed by atoms with Crippen molar-refractivity contribution in [1.82, 2.24) is 20.4 Å². The SMILES string of the molecule is CC(C)N(C)CC(=O)NCC(N1CCNCC1)C(F)(F)F.Cl.Cl. The molecular weight excluding hydrogens is 356 g/mol. The molecule has 0 bridgehead atoms. The van der Waals surface area contributed by atoms with Crippen molar-refractivity contribution in [2.45, 2.75) is 32.1 Å². The molecule has 140 valence electrons. The van der Waals surface area contributed by atoms with Gasteiger partial charge in [0.25, 0.3) is 0 Å². The van der Waals surface area contributed by atoms with E-state index in [-0.39, 0.29) is 43.3 Å². The first-order valence-electron chi connectivity index (χ1n) is 7.20. The summed E-state index contributed by atoms with van der Waals surface area (Å²) in [5.41, 5.74) is 0. The lowest BCUT2D eigenvalue weighted by atomic mass is 10.2. The van der Waals surface area contributed by atoms with E-state index in [1.807, 2.05) is 13.8 Å². The second-order valence-electron chi connectivity index (χ2n) is 5.66. The topological polar surface area (TPSA) is 47.6 Å². The molecule has 1 saturated heterocycles. The fourth-order valence-corrected chi connectivity index (χ4v) is 2.12. The lowest BCUT2D eigenvalue weighted by molar-refractivity contribution is -0.184. The summed E-state index contributed by atoms with van der Waals surface area (Å²) < 4.78 is 39.4. The van der Waals surface area contributed by atoms with E-state index in [9.17, 15) is 18.0 Å². The number of halogens is 5. The van der Waals surface area contributed by atoms with Crippen molar-refractivity contribution in [1.29, 1.82) is 0 Å². The molecule has 1 unspecified atom stereocenters. The molecule has 1 fully saturated rings. The summed E-state index contributed by atoms with van der Waals surface area (Å²) in [7, 11) is 1.77. The number of amides is 1. The highest BCUT2D eigenvalue weighted by Crippen LogP contribution is 2.24. The third kappa shape index (κ3) is 8.95. The predicted molar refractivity (Wildman–Crippen MR) is 89.6 cm³/mol. The third-order valence-corrected chi connectivity index (χ3v) is 3.74. The van der Waals surface area contributed by atoms with Gasteiger partial charge in [0.1, 0.15) is 6.04 Å². The lowest BCUT2D eigenvalue weighted by Gasteiger charge is -2.36. The molecule has 1 aliphatic rings. The van der Waals surface area contributed by atoms with Gasteiger partial charge in [-0.2, -0.15) is 13.2 Å². The number of carbonyl (C=O) groups is 1. The van der Waals surface area contributed by atoms with E-state index >= 15 is 0 Å². The van der Waals surface area contributed by atoms with Crippen LogP contribution in [-0.4, -0.2) is 80.3 Å². The molecule has 1 heterocycles. The van der Waals surface area contributed by atoms with Crippen LogP contribution in [0.5, 0.6) is 0 Å². The Labute approximate surface area is 148 Å². The van der Waals surface area contributed by atoms with E-state index in [4.69, 9.17) is 0 Å². The average Bonchev–Trinajstić information content (AvgIpc) is 2.38. The van der Waals surface area contributed by atoms with Crippen LogP contribution in [0.3, 0.4) is 0 Å². The molecule has 2 N–H and O–H groups in total. The van der Waals surface area contributed by atoms with Gasteiger partial charge in [0, 0.05) is 38.8 Å². The van der Waals surface area contributed by atoms with Crippen LogP contribution in [0.2, 0.25) is 0 Å². The molecule has 1 atom stereocenters. The van der Waals surface area contributed by atoms with Crippen molar-refractivity contribution in [3.8, 4) is 0 Å². The van der Waals surface area contributed by atoms with Gasteiger partial charge in [-0.1, -0.05) is 0 Å². The molecule has 1 rings (SSSR count). The molecule has 1 aliphatic heterocycles. The summed E-state index contributed by atoms with van der Waals surface area (Å²) in [6.07, 6.45) is -4.34. The fraction of sp³-hybridized carbons (Fsp3) is 0.923. The number of carbonyl (C=O) groups excluding carboxylic acids is 1. The van der Waals surface area contributed by atoms with Crippen molar-refractivity contribution in [2.24, 2.45) is 0 Å². The Hall–Kier alpha value is -0.280. The van der Waals surface area contributed by atoms with E-state index in [0.717, 1.165) is 0 Å². The molecule has 0 aromatic heterocycles. The minimum atomic E-state index is -4.34. The van der Waals surface area contributed by atoms with Gasteiger partial charge < -0.3 is 10.6 Å². The van der Waals surface area contributed by atoms with E-state index in [2.05, 4.69) is 10.6 Å². The third-order valence-electron chi connectivity index (χ3n) is 3.74. The number of likely N-dealkylation sites (N-methyl/N-ethyl adjacent to an activating group) is 1. The number of nitrogens with zero attached hydrogens (tertiary/aromatic N) is 2. The van der Waals surface area contributed by atoms with Crippen molar-refractivity contribution < 1.29 is 18.0 Å². The maximum absolute atomic E-state index is 13.1. The van der Waals surface area contributed by atoms with Crippen LogP contribution in [0, 0.1) is 0 Å². The molecule has 0 aromatic rings. The summed E-state index contributed by atoms with van der Waals surface area (Å²) in [4.78, 5) is 14.9. The van der Waals surface area contributed by atoms with Gasteiger partial charge in [-0.3, -0.25) is 14.6 Å². The molecule has 0 spiro atoms. The maximum atomic E-state index is 13.1. The van der Waals surface area contributed by atoms with Crippen LogP contribution in [-0.2, 0) is 4.79 Å². The Balaban J connectivity index is 0. The molecule has 0 aromatic carbocycles. The maximum Gasteiger partial charge on any atom is 0.405 e. The second kappa shape index (κ2) is 11.3. The molecule has 0 radical (unpaired) electrons. The van der Waals surface area contributed by atoms with Gasteiger partial charge in [-0.05, 0) is 20.9 Å². The first kappa shape index (κ1) is 25.0. The van der Waals surface area contributed by atoms with E-state index < -0.39 is 18.8 Å². The molecular formula is C13H27Cl2F3N4O. The molecule has 1 amide bonds. The molecule has 10 heteroatoms. The van der Waals surface area contributed by atoms with Crippen LogP contribution in [0.25, 0.3) is 0 Å². The Bertz CT molecular complexity index is 340. The number of hydrogen-bond donors (Lipinski definition) is 2. The highest BCUT2D eigenvalue weighted by molar-refractivity contribution is 5.85. The van der Waals surface area contributed by atoms with Gasteiger partial charge in [-0.15, -0.1) is 24.8 Å². The van der Waals surface area contributed by atoms with Gasteiger partial charge >= 0.3 is 6.18 Å². The molecule has 23 heavy (non-hydrogen) atoms. The highest BCUT2D eigenvalue weighted by atomic mass is 35.5. The van der Waals surface area contributed by atoms with Crippen LogP contribution in [0.4, 0.5) is 13.2 Å². The van der Waals surface area contributed by atoms with Crippen LogP contribution in [0.15, 0.2) is 0 Å². The highest BCUT2D eigenvalue weighted by Gasteiger charge is 2.43.